The second kappa shape index (κ2) is 6.70. The molecule has 0 fully saturated rings. The van der Waals surface area contributed by atoms with E-state index in [4.69, 9.17) is 10.6 Å². The van der Waals surface area contributed by atoms with Gasteiger partial charge in [0.2, 0.25) is 0 Å². The van der Waals surface area contributed by atoms with Gasteiger partial charge in [0.25, 0.3) is 0 Å². The number of carboxylic acid groups (broad SMARTS) is 1. The van der Waals surface area contributed by atoms with Gasteiger partial charge in [0.1, 0.15) is 0 Å². The minimum absolute atomic E-state index is 0.413. The number of unbranched alkanes of at least 4 members (excludes halogenated alkanes) is 1. The standard InChI is InChI=1S/C5H10N4O2/c6-9-8-4-2-1-3-7-5(10)11/h7H,1-4H2,(H,10,11). The lowest BCUT2D eigenvalue weighted by molar-refractivity contribution is 0.194. The van der Waals surface area contributed by atoms with Crippen LogP contribution in [0, 0.1) is 0 Å². The molecular formula is C5H10N4O2. The zero-order valence-corrected chi connectivity index (χ0v) is 6.03. The van der Waals surface area contributed by atoms with Crippen molar-refractivity contribution in [1.29, 1.82) is 0 Å². The summed E-state index contributed by atoms with van der Waals surface area (Å²) in [4.78, 5) is 12.5. The maximum atomic E-state index is 9.90. The third-order valence-electron chi connectivity index (χ3n) is 1.02. The minimum atomic E-state index is -1.02. The molecule has 1 amide bonds. The van der Waals surface area contributed by atoms with Crippen molar-refractivity contribution >= 4 is 6.09 Å². The van der Waals surface area contributed by atoms with Crippen molar-refractivity contribution in [3.63, 3.8) is 0 Å². The first kappa shape index (κ1) is 9.58. The van der Waals surface area contributed by atoms with Crippen molar-refractivity contribution in [1.82, 2.24) is 5.32 Å². The molecule has 0 aliphatic carbocycles. The summed E-state index contributed by atoms with van der Waals surface area (Å²) in [5, 5.41) is 13.6. The average molecular weight is 158 g/mol. The van der Waals surface area contributed by atoms with Crippen LogP contribution in [0.1, 0.15) is 12.8 Å². The molecule has 0 saturated carbocycles. The number of azide groups is 1. The molecular weight excluding hydrogens is 148 g/mol. The molecule has 2 N–H and O–H groups in total. The van der Waals surface area contributed by atoms with E-state index in [0.717, 1.165) is 0 Å². The van der Waals surface area contributed by atoms with Crippen LogP contribution in [0.25, 0.3) is 10.4 Å². The van der Waals surface area contributed by atoms with Crippen molar-refractivity contribution in [2.45, 2.75) is 12.8 Å². The lowest BCUT2D eigenvalue weighted by Crippen LogP contribution is -2.21. The van der Waals surface area contributed by atoms with E-state index < -0.39 is 6.09 Å². The zero-order valence-electron chi connectivity index (χ0n) is 6.03. The highest BCUT2D eigenvalue weighted by molar-refractivity contribution is 5.64. The molecule has 0 aromatic carbocycles. The van der Waals surface area contributed by atoms with Crippen LogP contribution in [0.4, 0.5) is 4.79 Å². The van der Waals surface area contributed by atoms with Crippen LogP contribution in [0.2, 0.25) is 0 Å². The summed E-state index contributed by atoms with van der Waals surface area (Å²) < 4.78 is 0. The predicted molar refractivity (Wildman–Crippen MR) is 39.3 cm³/mol. The van der Waals surface area contributed by atoms with Gasteiger partial charge in [-0.05, 0) is 18.4 Å². The Bertz CT molecular complexity index is 160. The highest BCUT2D eigenvalue weighted by Gasteiger charge is 1.91. The van der Waals surface area contributed by atoms with Gasteiger partial charge >= 0.3 is 6.09 Å². The molecule has 0 aliphatic rings. The van der Waals surface area contributed by atoms with Crippen LogP contribution in [-0.2, 0) is 0 Å². The van der Waals surface area contributed by atoms with E-state index in [9.17, 15) is 4.79 Å². The SMILES string of the molecule is [N-]=[N+]=NCCCCNC(=O)O. The molecule has 0 radical (unpaired) electrons. The van der Waals surface area contributed by atoms with Crippen molar-refractivity contribution < 1.29 is 9.90 Å². The number of amides is 1. The van der Waals surface area contributed by atoms with E-state index in [1.165, 1.54) is 0 Å². The summed E-state index contributed by atoms with van der Waals surface area (Å²) in [6.45, 7) is 0.841. The molecule has 0 heterocycles. The lowest BCUT2D eigenvalue weighted by atomic mass is 10.3. The van der Waals surface area contributed by atoms with E-state index in [2.05, 4.69) is 15.3 Å². The summed E-state index contributed by atoms with van der Waals surface area (Å²) >= 11 is 0. The molecule has 0 saturated heterocycles. The average Bonchev–Trinajstić information content (AvgIpc) is 1.96. The number of nitrogens with one attached hydrogen (secondary N) is 1. The van der Waals surface area contributed by atoms with Crippen LogP contribution in [0.15, 0.2) is 5.11 Å². The van der Waals surface area contributed by atoms with E-state index in [0.29, 0.717) is 25.9 Å². The quantitative estimate of drug-likeness (QED) is 0.273. The third kappa shape index (κ3) is 8.58. The Labute approximate surface area is 63.8 Å². The van der Waals surface area contributed by atoms with Crippen molar-refractivity contribution in [3.05, 3.63) is 10.4 Å². The Morgan fingerprint density at radius 1 is 1.64 bits per heavy atom. The summed E-state index contributed by atoms with van der Waals surface area (Å²) in [7, 11) is 0. The molecule has 0 aromatic rings. The molecule has 62 valence electrons. The van der Waals surface area contributed by atoms with E-state index in [1.807, 2.05) is 0 Å². The van der Waals surface area contributed by atoms with Gasteiger partial charge < -0.3 is 10.4 Å². The summed E-state index contributed by atoms with van der Waals surface area (Å²) in [6.07, 6.45) is 0.393. The zero-order chi connectivity index (χ0) is 8.53. The van der Waals surface area contributed by atoms with E-state index >= 15 is 0 Å². The number of hydrogen-bond acceptors (Lipinski definition) is 2. The number of nitrogens with zero attached hydrogens (tertiary/aromatic N) is 3. The van der Waals surface area contributed by atoms with Crippen LogP contribution in [0.5, 0.6) is 0 Å². The lowest BCUT2D eigenvalue weighted by Gasteiger charge is -1.96. The molecule has 0 aliphatic heterocycles. The minimum Gasteiger partial charge on any atom is -0.465 e. The molecule has 0 spiro atoms. The molecule has 0 rings (SSSR count). The molecule has 6 heteroatoms. The van der Waals surface area contributed by atoms with Crippen molar-refractivity contribution in [3.8, 4) is 0 Å². The largest absolute Gasteiger partial charge is 0.465 e. The fourth-order valence-electron chi connectivity index (χ4n) is 0.548. The molecule has 11 heavy (non-hydrogen) atoms. The molecule has 0 aromatic heterocycles. The monoisotopic (exact) mass is 158 g/mol. The number of rotatable bonds is 5. The Kier molecular flexibility index (Phi) is 5.83. The van der Waals surface area contributed by atoms with Gasteiger partial charge in [-0.2, -0.15) is 0 Å². The normalized spacial score (nSPS) is 8.36. The second-order valence-corrected chi connectivity index (χ2v) is 1.89. The maximum Gasteiger partial charge on any atom is 0.404 e. The molecule has 0 atom stereocenters. The Hall–Kier alpha value is -1.42. The smallest absolute Gasteiger partial charge is 0.404 e. The first-order chi connectivity index (χ1) is 5.27. The van der Waals surface area contributed by atoms with Gasteiger partial charge in [0.15, 0.2) is 0 Å². The highest BCUT2D eigenvalue weighted by atomic mass is 16.4. The van der Waals surface area contributed by atoms with Gasteiger partial charge in [0.05, 0.1) is 0 Å². The van der Waals surface area contributed by atoms with Gasteiger partial charge in [-0.15, -0.1) is 0 Å². The molecule has 0 unspecified atom stereocenters. The topological polar surface area (TPSA) is 98.1 Å². The summed E-state index contributed by atoms with van der Waals surface area (Å²) in [5.74, 6) is 0. The maximum absolute atomic E-state index is 9.90. The van der Waals surface area contributed by atoms with E-state index in [1.54, 1.807) is 0 Å². The van der Waals surface area contributed by atoms with Crippen molar-refractivity contribution in [2.75, 3.05) is 13.1 Å². The van der Waals surface area contributed by atoms with Gasteiger partial charge in [-0.25, -0.2) is 4.79 Å². The molecule has 0 bridgehead atoms. The Morgan fingerprint density at radius 3 is 2.91 bits per heavy atom. The third-order valence-corrected chi connectivity index (χ3v) is 1.02. The van der Waals surface area contributed by atoms with Crippen LogP contribution < -0.4 is 5.32 Å². The fraction of sp³-hybridized carbons (Fsp3) is 0.800. The van der Waals surface area contributed by atoms with Crippen LogP contribution in [0.3, 0.4) is 0 Å². The van der Waals surface area contributed by atoms with Crippen molar-refractivity contribution in [2.24, 2.45) is 5.11 Å². The van der Waals surface area contributed by atoms with Crippen LogP contribution >= 0.6 is 0 Å². The van der Waals surface area contributed by atoms with Gasteiger partial charge in [-0.3, -0.25) is 0 Å². The summed E-state index contributed by atoms with van der Waals surface area (Å²) in [5.41, 5.74) is 7.86. The van der Waals surface area contributed by atoms with Gasteiger partial charge in [-0.1, -0.05) is 5.11 Å². The fourth-order valence-corrected chi connectivity index (χ4v) is 0.548. The Morgan fingerprint density at radius 2 is 2.36 bits per heavy atom. The molecule has 6 nitrogen and oxygen atoms in total. The summed E-state index contributed by atoms with van der Waals surface area (Å²) in [6, 6.07) is 0. The van der Waals surface area contributed by atoms with Gasteiger partial charge in [0, 0.05) is 18.0 Å². The van der Waals surface area contributed by atoms with Crippen LogP contribution in [-0.4, -0.2) is 24.3 Å². The number of hydrogen-bond donors (Lipinski definition) is 2. The second-order valence-electron chi connectivity index (χ2n) is 1.89. The highest BCUT2D eigenvalue weighted by Crippen LogP contribution is 1.87. The first-order valence-electron chi connectivity index (χ1n) is 3.25. The number of carbonyl (C=O) groups is 1. The van der Waals surface area contributed by atoms with E-state index in [-0.39, 0.29) is 0 Å². The Balaban J connectivity index is 3.02. The predicted octanol–water partition coefficient (Wildman–Crippen LogP) is 1.34. The first-order valence-corrected chi connectivity index (χ1v) is 3.25.